The molecule has 2 amide bonds. The molecule has 222 valence electrons. The predicted molar refractivity (Wildman–Crippen MR) is 171 cm³/mol. The largest absolute Gasteiger partial charge is 0.496 e. The highest BCUT2D eigenvalue weighted by Gasteiger charge is 2.40. The van der Waals surface area contributed by atoms with Crippen LogP contribution in [0.4, 0.5) is 5.82 Å². The van der Waals surface area contributed by atoms with Crippen LogP contribution in [-0.2, 0) is 9.59 Å². The van der Waals surface area contributed by atoms with Crippen LogP contribution < -0.4 is 19.7 Å². The lowest BCUT2D eigenvalue weighted by Crippen LogP contribution is -2.43. The number of ether oxygens (including phenoxy) is 2. The number of rotatable bonds is 8. The zero-order valence-corrected chi connectivity index (χ0v) is 26.1. The van der Waals surface area contributed by atoms with Crippen molar-refractivity contribution in [2.45, 2.75) is 38.0 Å². The third-order valence-corrected chi connectivity index (χ3v) is 9.35. The fourth-order valence-electron chi connectivity index (χ4n) is 5.58. The van der Waals surface area contributed by atoms with E-state index in [4.69, 9.17) is 26.2 Å². The van der Waals surface area contributed by atoms with Gasteiger partial charge in [-0.15, -0.1) is 11.8 Å². The Bertz CT molecular complexity index is 1690. The number of amides is 2. The lowest BCUT2D eigenvalue weighted by atomic mass is 9.98. The molecule has 2 heterocycles. The number of aromatic nitrogens is 2. The quantitative estimate of drug-likeness (QED) is 0.251. The number of benzene rings is 3. The number of carbonyl (C=O) groups excluding carboxylic acids is 2. The molecule has 43 heavy (non-hydrogen) atoms. The molecule has 2 aliphatic rings. The van der Waals surface area contributed by atoms with Gasteiger partial charge in [0.2, 0.25) is 11.8 Å². The van der Waals surface area contributed by atoms with E-state index < -0.39 is 0 Å². The molecular formula is C33H33ClN4O4S. The summed E-state index contributed by atoms with van der Waals surface area (Å²) in [6.45, 7) is 3.92. The number of hydrogen-bond acceptors (Lipinski definition) is 6. The summed E-state index contributed by atoms with van der Waals surface area (Å²) in [6.07, 6.45) is 1.90. The molecule has 0 radical (unpaired) electrons. The number of hydrogen-bond donors (Lipinski definition) is 1. The van der Waals surface area contributed by atoms with Crippen molar-refractivity contribution in [1.82, 2.24) is 15.1 Å². The van der Waals surface area contributed by atoms with Gasteiger partial charge in [-0.3, -0.25) is 14.5 Å². The maximum absolute atomic E-state index is 14.0. The molecule has 6 rings (SSSR count). The highest BCUT2D eigenvalue weighted by Crippen LogP contribution is 2.52. The first-order valence-corrected chi connectivity index (χ1v) is 15.6. The SMILES string of the molecule is COc1cccc(OC)c1-c1nn(-c2ccc(C)cc2C)c2c1C(c1ccccc1Cl)SCC(=O)N2CC(=O)NC1CC1. The highest BCUT2D eigenvalue weighted by atomic mass is 35.5. The van der Waals surface area contributed by atoms with Crippen LogP contribution in [0, 0.1) is 13.8 Å². The number of nitrogens with zero attached hydrogens (tertiary/aromatic N) is 3. The second-order valence-corrected chi connectivity index (χ2v) is 12.4. The molecule has 0 saturated heterocycles. The molecule has 8 nitrogen and oxygen atoms in total. The van der Waals surface area contributed by atoms with E-state index in [0.717, 1.165) is 40.8 Å². The molecule has 0 bridgehead atoms. The number of carbonyl (C=O) groups is 2. The van der Waals surface area contributed by atoms with Crippen LogP contribution in [0.1, 0.15) is 40.3 Å². The van der Waals surface area contributed by atoms with Crippen molar-refractivity contribution in [3.63, 3.8) is 0 Å². The van der Waals surface area contributed by atoms with Gasteiger partial charge in [0.25, 0.3) is 0 Å². The molecule has 1 atom stereocenters. The van der Waals surface area contributed by atoms with Crippen molar-refractivity contribution in [1.29, 1.82) is 0 Å². The van der Waals surface area contributed by atoms with Crippen molar-refractivity contribution in [3.8, 4) is 28.4 Å². The van der Waals surface area contributed by atoms with Gasteiger partial charge in [-0.2, -0.15) is 5.10 Å². The number of aryl methyl sites for hydroxylation is 2. The summed E-state index contributed by atoms with van der Waals surface area (Å²) in [7, 11) is 3.22. The summed E-state index contributed by atoms with van der Waals surface area (Å²) < 4.78 is 13.5. The molecule has 3 aromatic carbocycles. The van der Waals surface area contributed by atoms with Crippen molar-refractivity contribution < 1.29 is 19.1 Å². The van der Waals surface area contributed by atoms with E-state index in [1.807, 2.05) is 68.4 Å². The third kappa shape index (κ3) is 5.59. The lowest BCUT2D eigenvalue weighted by molar-refractivity contribution is -0.123. The minimum Gasteiger partial charge on any atom is -0.496 e. The van der Waals surface area contributed by atoms with Crippen molar-refractivity contribution >= 4 is 41.0 Å². The Kier molecular flexibility index (Phi) is 8.11. The van der Waals surface area contributed by atoms with Crippen LogP contribution in [0.25, 0.3) is 16.9 Å². The van der Waals surface area contributed by atoms with Gasteiger partial charge in [0.05, 0.1) is 36.5 Å². The number of fused-ring (bicyclic) bond motifs is 1. The van der Waals surface area contributed by atoms with Gasteiger partial charge in [0, 0.05) is 16.6 Å². The molecule has 1 aliphatic carbocycles. The minimum absolute atomic E-state index is 0.128. The van der Waals surface area contributed by atoms with E-state index in [2.05, 4.69) is 11.4 Å². The third-order valence-electron chi connectivity index (χ3n) is 7.77. The topological polar surface area (TPSA) is 85.7 Å². The maximum Gasteiger partial charge on any atom is 0.240 e. The summed E-state index contributed by atoms with van der Waals surface area (Å²) in [5, 5.41) is 8.47. The Morgan fingerprint density at radius 1 is 1.05 bits per heavy atom. The Hall–Kier alpha value is -3.95. The molecule has 1 fully saturated rings. The summed E-state index contributed by atoms with van der Waals surface area (Å²) in [4.78, 5) is 28.8. The van der Waals surface area contributed by atoms with Gasteiger partial charge < -0.3 is 14.8 Å². The molecule has 1 N–H and O–H groups in total. The van der Waals surface area contributed by atoms with Gasteiger partial charge in [-0.05, 0) is 62.1 Å². The van der Waals surface area contributed by atoms with Gasteiger partial charge in [0.15, 0.2) is 0 Å². The van der Waals surface area contributed by atoms with E-state index in [1.165, 1.54) is 11.8 Å². The first-order chi connectivity index (χ1) is 20.8. The van der Waals surface area contributed by atoms with E-state index >= 15 is 0 Å². The first kappa shape index (κ1) is 29.1. The minimum atomic E-state index is -0.381. The number of thioether (sulfide) groups is 1. The van der Waals surface area contributed by atoms with Crippen molar-refractivity contribution in [2.24, 2.45) is 0 Å². The van der Waals surface area contributed by atoms with E-state index in [1.54, 1.807) is 23.8 Å². The fraction of sp³-hybridized carbons (Fsp3) is 0.303. The van der Waals surface area contributed by atoms with E-state index in [9.17, 15) is 9.59 Å². The van der Waals surface area contributed by atoms with Gasteiger partial charge in [-0.25, -0.2) is 4.68 Å². The van der Waals surface area contributed by atoms with Crippen molar-refractivity contribution in [3.05, 3.63) is 87.9 Å². The predicted octanol–water partition coefficient (Wildman–Crippen LogP) is 6.27. The lowest BCUT2D eigenvalue weighted by Gasteiger charge is -2.24. The Labute approximate surface area is 260 Å². The summed E-state index contributed by atoms with van der Waals surface area (Å²) >= 11 is 8.30. The highest BCUT2D eigenvalue weighted by molar-refractivity contribution is 8.00. The normalized spacial score (nSPS) is 16.4. The van der Waals surface area contributed by atoms with Gasteiger partial charge in [-0.1, -0.05) is 53.6 Å². The van der Waals surface area contributed by atoms with E-state index in [0.29, 0.717) is 33.6 Å². The van der Waals surface area contributed by atoms with E-state index in [-0.39, 0.29) is 35.4 Å². The first-order valence-electron chi connectivity index (χ1n) is 14.2. The number of halogens is 1. The standard InChI is InChI=1S/C33H33ClN4O4S/c1-19-12-15-24(20(2)16-19)38-33-30(31(36-38)29-25(41-3)10-7-11-26(29)42-4)32(22-8-5-6-9-23(22)34)43-18-28(40)37(33)17-27(39)35-21-13-14-21/h5-12,15-16,21,32H,13-14,17-18H2,1-4H3,(H,35,39). The Morgan fingerprint density at radius 2 is 1.77 bits per heavy atom. The Balaban J connectivity index is 1.70. The van der Waals surface area contributed by atoms with Crippen LogP contribution in [0.5, 0.6) is 11.5 Å². The van der Waals surface area contributed by atoms with Gasteiger partial charge >= 0.3 is 0 Å². The maximum atomic E-state index is 14.0. The zero-order valence-electron chi connectivity index (χ0n) is 24.5. The van der Waals surface area contributed by atoms with Crippen molar-refractivity contribution in [2.75, 3.05) is 31.4 Å². The fourth-order valence-corrected chi connectivity index (χ4v) is 7.12. The number of anilines is 1. The summed E-state index contributed by atoms with van der Waals surface area (Å²) in [6, 6.07) is 19.5. The molecule has 1 aromatic heterocycles. The Morgan fingerprint density at radius 3 is 2.42 bits per heavy atom. The second-order valence-electron chi connectivity index (χ2n) is 10.9. The summed E-state index contributed by atoms with van der Waals surface area (Å²) in [5.41, 5.74) is 5.73. The smallest absolute Gasteiger partial charge is 0.240 e. The van der Waals surface area contributed by atoms with Crippen LogP contribution >= 0.6 is 23.4 Å². The molecule has 1 aliphatic heterocycles. The van der Waals surface area contributed by atoms with Crippen LogP contribution in [0.3, 0.4) is 0 Å². The number of methoxy groups -OCH3 is 2. The van der Waals surface area contributed by atoms with Crippen LogP contribution in [0.15, 0.2) is 60.7 Å². The molecular weight excluding hydrogens is 584 g/mol. The molecule has 4 aromatic rings. The monoisotopic (exact) mass is 616 g/mol. The zero-order chi connectivity index (χ0) is 30.2. The van der Waals surface area contributed by atoms with Crippen LogP contribution in [-0.4, -0.2) is 54.2 Å². The molecule has 10 heteroatoms. The molecule has 1 unspecified atom stereocenters. The number of nitrogens with one attached hydrogen (secondary N) is 1. The van der Waals surface area contributed by atoms with Crippen LogP contribution in [0.2, 0.25) is 5.02 Å². The molecule has 0 spiro atoms. The average molecular weight is 617 g/mol. The summed E-state index contributed by atoms with van der Waals surface area (Å²) in [5.74, 6) is 1.44. The average Bonchev–Trinajstić information content (AvgIpc) is 3.75. The van der Waals surface area contributed by atoms with Gasteiger partial charge in [0.1, 0.15) is 29.6 Å². The second kappa shape index (κ2) is 12.0. The molecule has 1 saturated carbocycles.